The summed E-state index contributed by atoms with van der Waals surface area (Å²) in [6.45, 7) is 0.201. The zero-order valence-corrected chi connectivity index (χ0v) is 17.8. The van der Waals surface area contributed by atoms with E-state index >= 15 is 0 Å². The number of benzene rings is 1. The Labute approximate surface area is 192 Å². The van der Waals surface area contributed by atoms with E-state index in [0.717, 1.165) is 12.1 Å². The highest BCUT2D eigenvalue weighted by Crippen LogP contribution is 2.55. The van der Waals surface area contributed by atoms with Crippen molar-refractivity contribution in [3.8, 4) is 17.2 Å². The van der Waals surface area contributed by atoms with Gasteiger partial charge < -0.3 is 20.1 Å². The Morgan fingerprint density at radius 2 is 1.76 bits per heavy atom. The third kappa shape index (κ3) is 4.07. The largest absolute Gasteiger partial charge is 0.490 e. The molecule has 0 spiro atoms. The van der Waals surface area contributed by atoms with E-state index in [9.17, 15) is 18.4 Å². The standard InChI is InChI=1S/C23H19F2N5O4/c1-26-22(31)16-6-2-11(8-27-16)34-12-3-7-17(28-9-12)29-23(32)30-20-13-10-33-21-15(25)5-4-14(24)19(21)18(13)20/h2-9,13,18,20H,10H2,1H3,(H,26,31)(H2,28,29,30,32)/t13-,18-,20-/m1/s1. The average molecular weight is 467 g/mol. The predicted molar refractivity (Wildman–Crippen MR) is 116 cm³/mol. The predicted octanol–water partition coefficient (Wildman–Crippen LogP) is 3.20. The monoisotopic (exact) mass is 467 g/mol. The van der Waals surface area contributed by atoms with Crippen LogP contribution in [0.2, 0.25) is 0 Å². The van der Waals surface area contributed by atoms with Crippen molar-refractivity contribution in [2.75, 3.05) is 19.0 Å². The van der Waals surface area contributed by atoms with Crippen molar-refractivity contribution in [2.45, 2.75) is 12.0 Å². The molecule has 11 heteroatoms. The van der Waals surface area contributed by atoms with E-state index in [1.165, 1.54) is 25.5 Å². The van der Waals surface area contributed by atoms with E-state index < -0.39 is 17.7 Å². The van der Waals surface area contributed by atoms with E-state index in [4.69, 9.17) is 9.47 Å². The van der Waals surface area contributed by atoms with Gasteiger partial charge in [-0.3, -0.25) is 10.1 Å². The number of carbonyl (C=O) groups excluding carboxylic acids is 2. The molecular weight excluding hydrogens is 448 g/mol. The Kier molecular flexibility index (Phi) is 5.44. The smallest absolute Gasteiger partial charge is 0.320 e. The summed E-state index contributed by atoms with van der Waals surface area (Å²) < 4.78 is 39.2. The van der Waals surface area contributed by atoms with Gasteiger partial charge in [-0.25, -0.2) is 23.5 Å². The number of hydrogen-bond acceptors (Lipinski definition) is 6. The molecule has 5 rings (SSSR count). The van der Waals surface area contributed by atoms with Gasteiger partial charge in [-0.1, -0.05) is 0 Å². The third-order valence-electron chi connectivity index (χ3n) is 5.72. The number of nitrogens with zero attached hydrogens (tertiary/aromatic N) is 2. The number of aromatic nitrogens is 2. The van der Waals surface area contributed by atoms with Crippen LogP contribution in [0.4, 0.5) is 19.4 Å². The molecule has 3 atom stereocenters. The maximum atomic E-state index is 14.2. The molecule has 2 aromatic heterocycles. The fraction of sp³-hybridized carbons (Fsp3) is 0.217. The van der Waals surface area contributed by atoms with Crippen molar-refractivity contribution in [1.29, 1.82) is 0 Å². The number of pyridine rings is 2. The van der Waals surface area contributed by atoms with Gasteiger partial charge in [0.1, 0.15) is 28.8 Å². The summed E-state index contributed by atoms with van der Waals surface area (Å²) in [5.41, 5.74) is 0.427. The topological polar surface area (TPSA) is 114 Å². The molecule has 0 unspecified atom stereocenters. The average Bonchev–Trinajstić information content (AvgIpc) is 3.54. The molecule has 9 nitrogen and oxygen atoms in total. The number of ether oxygens (including phenoxy) is 2. The van der Waals surface area contributed by atoms with Gasteiger partial charge in [0.25, 0.3) is 5.91 Å². The summed E-state index contributed by atoms with van der Waals surface area (Å²) in [6.07, 6.45) is 2.83. The van der Waals surface area contributed by atoms with E-state index in [0.29, 0.717) is 11.5 Å². The van der Waals surface area contributed by atoms with E-state index in [2.05, 4.69) is 25.9 Å². The first-order valence-electron chi connectivity index (χ1n) is 10.4. The lowest BCUT2D eigenvalue weighted by Gasteiger charge is -2.16. The molecule has 3 amide bonds. The molecule has 174 valence electrons. The molecule has 1 fully saturated rings. The number of halogens is 2. The normalized spacial score (nSPS) is 19.7. The van der Waals surface area contributed by atoms with Gasteiger partial charge in [-0.2, -0.15) is 0 Å². The first-order chi connectivity index (χ1) is 16.4. The number of carbonyl (C=O) groups is 2. The number of urea groups is 1. The van der Waals surface area contributed by atoms with E-state index in [1.54, 1.807) is 18.2 Å². The highest BCUT2D eigenvalue weighted by Gasteiger charge is 2.57. The zero-order chi connectivity index (χ0) is 23.8. The van der Waals surface area contributed by atoms with Crippen molar-refractivity contribution >= 4 is 17.8 Å². The fourth-order valence-electron chi connectivity index (χ4n) is 4.01. The van der Waals surface area contributed by atoms with Crippen LogP contribution < -0.4 is 25.4 Å². The maximum absolute atomic E-state index is 14.2. The van der Waals surface area contributed by atoms with Gasteiger partial charge in [0.2, 0.25) is 0 Å². The lowest BCUT2D eigenvalue weighted by molar-refractivity contribution is 0.0958. The molecule has 3 heterocycles. The Morgan fingerprint density at radius 1 is 1.03 bits per heavy atom. The molecule has 1 aliphatic heterocycles. The number of anilines is 1. The highest BCUT2D eigenvalue weighted by molar-refractivity contribution is 5.92. The van der Waals surface area contributed by atoms with Gasteiger partial charge in [-0.05, 0) is 36.4 Å². The maximum Gasteiger partial charge on any atom is 0.320 e. The number of rotatable bonds is 5. The third-order valence-corrected chi connectivity index (χ3v) is 5.72. The second-order valence-corrected chi connectivity index (χ2v) is 7.84. The molecule has 0 saturated heterocycles. The van der Waals surface area contributed by atoms with Crippen LogP contribution in [0, 0.1) is 17.6 Å². The van der Waals surface area contributed by atoms with Crippen LogP contribution in [0.5, 0.6) is 17.2 Å². The van der Waals surface area contributed by atoms with Crippen molar-refractivity contribution in [2.24, 2.45) is 5.92 Å². The molecule has 1 aromatic carbocycles. The number of amides is 3. The lowest BCUT2D eigenvalue weighted by Crippen LogP contribution is -2.32. The lowest BCUT2D eigenvalue weighted by atomic mass is 10.0. The van der Waals surface area contributed by atoms with Gasteiger partial charge in [0.15, 0.2) is 11.6 Å². The summed E-state index contributed by atoms with van der Waals surface area (Å²) in [6, 6.07) is 7.49. The first kappa shape index (κ1) is 21.6. The summed E-state index contributed by atoms with van der Waals surface area (Å²) in [7, 11) is 1.52. The molecule has 1 saturated carbocycles. The zero-order valence-electron chi connectivity index (χ0n) is 17.8. The van der Waals surface area contributed by atoms with Crippen molar-refractivity contribution < 1.29 is 27.8 Å². The molecule has 0 radical (unpaired) electrons. The van der Waals surface area contributed by atoms with Crippen LogP contribution in [-0.2, 0) is 0 Å². The van der Waals surface area contributed by atoms with Gasteiger partial charge in [-0.15, -0.1) is 0 Å². The molecule has 34 heavy (non-hydrogen) atoms. The van der Waals surface area contributed by atoms with Gasteiger partial charge in [0, 0.05) is 30.5 Å². The van der Waals surface area contributed by atoms with Crippen LogP contribution in [0.1, 0.15) is 22.0 Å². The fourth-order valence-corrected chi connectivity index (χ4v) is 4.01. The minimum absolute atomic E-state index is 0.0818. The Bertz CT molecular complexity index is 1250. The van der Waals surface area contributed by atoms with E-state index in [-0.39, 0.29) is 53.2 Å². The number of nitrogens with one attached hydrogen (secondary N) is 3. The van der Waals surface area contributed by atoms with Crippen LogP contribution in [0.15, 0.2) is 48.8 Å². The van der Waals surface area contributed by atoms with Gasteiger partial charge in [0.05, 0.1) is 19.0 Å². The minimum atomic E-state index is -0.616. The van der Waals surface area contributed by atoms with Crippen molar-refractivity contribution in [3.63, 3.8) is 0 Å². The molecular formula is C23H19F2N5O4. The second kappa shape index (κ2) is 8.58. The van der Waals surface area contributed by atoms with Crippen molar-refractivity contribution in [1.82, 2.24) is 20.6 Å². The Morgan fingerprint density at radius 3 is 2.44 bits per heavy atom. The Balaban J connectivity index is 1.17. The highest BCUT2D eigenvalue weighted by atomic mass is 19.1. The molecule has 2 aliphatic rings. The summed E-state index contributed by atoms with van der Waals surface area (Å²) in [4.78, 5) is 32.1. The second-order valence-electron chi connectivity index (χ2n) is 7.84. The molecule has 3 aromatic rings. The van der Waals surface area contributed by atoms with Crippen LogP contribution in [0.25, 0.3) is 0 Å². The SMILES string of the molecule is CNC(=O)c1ccc(Oc2ccc(NC(=O)N[C@@H]3[C@@H]4COc5c(F)ccc(F)c5[C@@H]43)nc2)cn1. The molecule has 0 bridgehead atoms. The number of fused-ring (bicyclic) bond motifs is 3. The van der Waals surface area contributed by atoms with Gasteiger partial charge >= 0.3 is 6.03 Å². The number of hydrogen-bond donors (Lipinski definition) is 3. The minimum Gasteiger partial charge on any atom is -0.490 e. The summed E-state index contributed by atoms with van der Waals surface area (Å²) in [5.74, 6) is -0.922. The van der Waals surface area contributed by atoms with Crippen LogP contribution in [-0.4, -0.2) is 41.6 Å². The quantitative estimate of drug-likeness (QED) is 0.531. The molecule has 3 N–H and O–H groups in total. The molecule has 1 aliphatic carbocycles. The van der Waals surface area contributed by atoms with Crippen LogP contribution in [0.3, 0.4) is 0 Å². The van der Waals surface area contributed by atoms with Crippen LogP contribution >= 0.6 is 0 Å². The Hall–Kier alpha value is -4.28. The van der Waals surface area contributed by atoms with E-state index in [1.807, 2.05) is 0 Å². The first-order valence-corrected chi connectivity index (χ1v) is 10.4. The summed E-state index contributed by atoms with van der Waals surface area (Å²) >= 11 is 0. The summed E-state index contributed by atoms with van der Waals surface area (Å²) in [5, 5.41) is 7.86. The van der Waals surface area contributed by atoms with Crippen molar-refractivity contribution in [3.05, 3.63) is 71.7 Å².